The van der Waals surface area contributed by atoms with Gasteiger partial charge in [-0.3, -0.25) is 0 Å². The van der Waals surface area contributed by atoms with E-state index >= 15 is 0 Å². The van der Waals surface area contributed by atoms with Crippen molar-refractivity contribution in [2.24, 2.45) is 0 Å². The quantitative estimate of drug-likeness (QED) is 0.924. The van der Waals surface area contributed by atoms with Crippen molar-refractivity contribution in [1.29, 1.82) is 5.26 Å². The molecule has 2 atom stereocenters. The minimum absolute atomic E-state index is 0.145. The minimum atomic E-state index is -0.646. The van der Waals surface area contributed by atoms with Crippen LogP contribution in [-0.4, -0.2) is 36.7 Å². The molecule has 1 fully saturated rings. The first-order valence-electron chi connectivity index (χ1n) is 7.73. The molecule has 23 heavy (non-hydrogen) atoms. The van der Waals surface area contributed by atoms with Crippen LogP contribution in [-0.2, 0) is 9.47 Å². The van der Waals surface area contributed by atoms with Crippen LogP contribution in [0.3, 0.4) is 0 Å². The lowest BCUT2D eigenvalue weighted by atomic mass is 10.1. The standard InChI is InChI=1S/C17H22N2O4/c1-16(2,10-18)19-11-5-6-12-13(7-11)20-8-14(22-12)15-9-21-17(3,4)23-15/h5-7,14-15,19H,8-9H2,1-4H3/t14-,15?/m0/s1. The summed E-state index contributed by atoms with van der Waals surface area (Å²) >= 11 is 0. The zero-order valence-corrected chi connectivity index (χ0v) is 13.9. The SMILES string of the molecule is CC(C)(C#N)Nc1ccc2c(c1)OC[C@@H](C1COC(C)(C)O1)O2. The molecular formula is C17H22N2O4. The zero-order valence-electron chi connectivity index (χ0n) is 13.9. The molecule has 2 heterocycles. The molecular weight excluding hydrogens is 296 g/mol. The molecule has 6 heteroatoms. The molecule has 0 spiro atoms. The number of ether oxygens (including phenoxy) is 4. The Morgan fingerprint density at radius 2 is 2.00 bits per heavy atom. The van der Waals surface area contributed by atoms with Gasteiger partial charge in [-0.25, -0.2) is 0 Å². The molecule has 1 aromatic carbocycles. The summed E-state index contributed by atoms with van der Waals surface area (Å²) in [6, 6.07) is 7.78. The highest BCUT2D eigenvalue weighted by atomic mass is 16.8. The molecule has 1 unspecified atom stereocenters. The van der Waals surface area contributed by atoms with Crippen molar-refractivity contribution in [3.05, 3.63) is 18.2 Å². The third-order valence-electron chi connectivity index (χ3n) is 3.81. The lowest BCUT2D eigenvalue weighted by Crippen LogP contribution is -2.41. The maximum Gasteiger partial charge on any atom is 0.163 e. The Labute approximate surface area is 136 Å². The maximum atomic E-state index is 9.10. The molecule has 6 nitrogen and oxygen atoms in total. The molecule has 0 saturated carbocycles. The normalized spacial score (nSPS) is 25.7. The Hall–Kier alpha value is -1.97. The molecule has 1 N–H and O–H groups in total. The van der Waals surface area contributed by atoms with Gasteiger partial charge in [0, 0.05) is 11.8 Å². The van der Waals surface area contributed by atoms with E-state index in [2.05, 4.69) is 11.4 Å². The highest BCUT2D eigenvalue weighted by molar-refractivity contribution is 5.57. The van der Waals surface area contributed by atoms with Crippen molar-refractivity contribution in [3.8, 4) is 17.6 Å². The molecule has 0 bridgehead atoms. The summed E-state index contributed by atoms with van der Waals surface area (Å²) < 4.78 is 23.2. The number of nitrogens with one attached hydrogen (secondary N) is 1. The number of rotatable bonds is 3. The van der Waals surface area contributed by atoms with E-state index in [0.717, 1.165) is 5.69 Å². The van der Waals surface area contributed by atoms with Gasteiger partial charge in [0.25, 0.3) is 0 Å². The molecule has 2 aliphatic heterocycles. The average Bonchev–Trinajstić information content (AvgIpc) is 2.86. The average molecular weight is 318 g/mol. The van der Waals surface area contributed by atoms with E-state index in [1.165, 1.54) is 0 Å². The Kier molecular flexibility index (Phi) is 3.86. The summed E-state index contributed by atoms with van der Waals surface area (Å²) in [5, 5.41) is 12.3. The number of hydrogen-bond donors (Lipinski definition) is 1. The number of anilines is 1. The highest BCUT2D eigenvalue weighted by Crippen LogP contribution is 2.37. The predicted molar refractivity (Wildman–Crippen MR) is 84.6 cm³/mol. The monoisotopic (exact) mass is 318 g/mol. The summed E-state index contributed by atoms with van der Waals surface area (Å²) in [5.41, 5.74) is 0.173. The van der Waals surface area contributed by atoms with Gasteiger partial charge >= 0.3 is 0 Å². The molecule has 124 valence electrons. The molecule has 0 aliphatic carbocycles. The largest absolute Gasteiger partial charge is 0.486 e. The zero-order chi connectivity index (χ0) is 16.7. The van der Waals surface area contributed by atoms with E-state index in [9.17, 15) is 0 Å². The van der Waals surface area contributed by atoms with Crippen molar-refractivity contribution < 1.29 is 18.9 Å². The van der Waals surface area contributed by atoms with Crippen molar-refractivity contribution in [2.75, 3.05) is 18.5 Å². The van der Waals surface area contributed by atoms with E-state index in [1.807, 2.05) is 45.9 Å². The van der Waals surface area contributed by atoms with E-state index < -0.39 is 11.3 Å². The first-order chi connectivity index (χ1) is 10.8. The molecule has 0 aromatic heterocycles. The Morgan fingerprint density at radius 3 is 2.65 bits per heavy atom. The van der Waals surface area contributed by atoms with Gasteiger partial charge in [0.2, 0.25) is 0 Å². The summed E-state index contributed by atoms with van der Waals surface area (Å²) in [5.74, 6) is 0.762. The fraction of sp³-hybridized carbons (Fsp3) is 0.588. The molecule has 0 radical (unpaired) electrons. The molecule has 1 saturated heterocycles. The minimum Gasteiger partial charge on any atom is -0.486 e. The maximum absolute atomic E-state index is 9.10. The fourth-order valence-electron chi connectivity index (χ4n) is 2.64. The van der Waals surface area contributed by atoms with E-state index in [1.54, 1.807) is 0 Å². The van der Waals surface area contributed by atoms with Crippen LogP contribution in [0.4, 0.5) is 5.69 Å². The number of nitriles is 1. The molecule has 1 aromatic rings. The molecule has 0 amide bonds. The van der Waals surface area contributed by atoms with Crippen molar-refractivity contribution in [3.63, 3.8) is 0 Å². The van der Waals surface area contributed by atoms with Gasteiger partial charge in [-0.1, -0.05) is 0 Å². The van der Waals surface area contributed by atoms with Crippen LogP contribution < -0.4 is 14.8 Å². The lowest BCUT2D eigenvalue weighted by Gasteiger charge is -2.30. The second-order valence-electron chi connectivity index (χ2n) is 6.86. The van der Waals surface area contributed by atoms with E-state index in [-0.39, 0.29) is 12.2 Å². The molecule has 3 rings (SSSR count). The summed E-state index contributed by atoms with van der Waals surface area (Å²) in [6.45, 7) is 8.31. The number of hydrogen-bond acceptors (Lipinski definition) is 6. The number of fused-ring (bicyclic) bond motifs is 1. The van der Waals surface area contributed by atoms with Crippen LogP contribution in [0.5, 0.6) is 11.5 Å². The smallest absolute Gasteiger partial charge is 0.163 e. The fourth-order valence-corrected chi connectivity index (χ4v) is 2.64. The summed E-state index contributed by atoms with van der Waals surface area (Å²) in [6.07, 6.45) is -0.341. The van der Waals surface area contributed by atoms with Crippen molar-refractivity contribution >= 4 is 5.69 Å². The van der Waals surface area contributed by atoms with E-state index in [0.29, 0.717) is 24.7 Å². The topological polar surface area (TPSA) is 72.7 Å². The molecule has 2 aliphatic rings. The van der Waals surface area contributed by atoms with Crippen molar-refractivity contribution in [2.45, 2.75) is 51.2 Å². The Morgan fingerprint density at radius 1 is 1.22 bits per heavy atom. The number of nitrogens with zero attached hydrogens (tertiary/aromatic N) is 1. The Balaban J connectivity index is 1.70. The van der Waals surface area contributed by atoms with Crippen LogP contribution in [0.2, 0.25) is 0 Å². The van der Waals surface area contributed by atoms with Gasteiger partial charge in [-0.05, 0) is 39.8 Å². The van der Waals surface area contributed by atoms with Gasteiger partial charge in [-0.15, -0.1) is 0 Å². The first-order valence-corrected chi connectivity index (χ1v) is 7.73. The third-order valence-corrected chi connectivity index (χ3v) is 3.81. The van der Waals surface area contributed by atoms with Gasteiger partial charge < -0.3 is 24.3 Å². The first kappa shape index (κ1) is 15.9. The van der Waals surface area contributed by atoms with Gasteiger partial charge in [0.15, 0.2) is 23.4 Å². The van der Waals surface area contributed by atoms with Crippen LogP contribution in [0.25, 0.3) is 0 Å². The van der Waals surface area contributed by atoms with Gasteiger partial charge in [-0.2, -0.15) is 5.26 Å². The second-order valence-corrected chi connectivity index (χ2v) is 6.86. The number of benzene rings is 1. The van der Waals surface area contributed by atoms with Crippen LogP contribution in [0, 0.1) is 11.3 Å². The second kappa shape index (κ2) is 5.59. The van der Waals surface area contributed by atoms with Crippen molar-refractivity contribution in [1.82, 2.24) is 0 Å². The predicted octanol–water partition coefficient (Wildman–Crippen LogP) is 2.69. The van der Waals surface area contributed by atoms with Crippen LogP contribution in [0.15, 0.2) is 18.2 Å². The van der Waals surface area contributed by atoms with Crippen LogP contribution in [0.1, 0.15) is 27.7 Å². The summed E-state index contributed by atoms with van der Waals surface area (Å²) in [7, 11) is 0. The summed E-state index contributed by atoms with van der Waals surface area (Å²) in [4.78, 5) is 0. The highest BCUT2D eigenvalue weighted by Gasteiger charge is 2.40. The Bertz CT molecular complexity index is 636. The lowest BCUT2D eigenvalue weighted by molar-refractivity contribution is -0.152. The van der Waals surface area contributed by atoms with Gasteiger partial charge in [0.05, 0.1) is 12.7 Å². The van der Waals surface area contributed by atoms with E-state index in [4.69, 9.17) is 24.2 Å². The van der Waals surface area contributed by atoms with Crippen LogP contribution >= 0.6 is 0 Å². The third kappa shape index (κ3) is 3.52. The van der Waals surface area contributed by atoms with Gasteiger partial charge in [0.1, 0.15) is 18.2 Å².